The fraction of sp³-hybridized carbons (Fsp3) is 0.526. The summed E-state index contributed by atoms with van der Waals surface area (Å²) in [5.74, 6) is 0.692. The summed E-state index contributed by atoms with van der Waals surface area (Å²) in [6.45, 7) is 5.99. The van der Waals surface area contributed by atoms with Crippen molar-refractivity contribution in [1.82, 2.24) is 15.3 Å². The summed E-state index contributed by atoms with van der Waals surface area (Å²) < 4.78 is 6.27. The Bertz CT molecular complexity index is 943. The summed E-state index contributed by atoms with van der Waals surface area (Å²) in [5.41, 5.74) is 6.20. The van der Waals surface area contributed by atoms with Crippen LogP contribution in [0.1, 0.15) is 46.8 Å². The van der Waals surface area contributed by atoms with Crippen molar-refractivity contribution in [2.75, 3.05) is 30.3 Å². The average Bonchev–Trinajstić information content (AvgIpc) is 3.07. The fourth-order valence-corrected chi connectivity index (χ4v) is 5.13. The summed E-state index contributed by atoms with van der Waals surface area (Å²) in [5, 5.41) is 2.97. The van der Waals surface area contributed by atoms with E-state index in [2.05, 4.69) is 20.2 Å². The number of piperidine rings is 1. The van der Waals surface area contributed by atoms with Gasteiger partial charge >= 0.3 is 0 Å². The molecule has 28 heavy (non-hydrogen) atoms. The SMILES string of the molecule is CC(C)NC(=O)c1cc2c(s1)CCOC21CCN(c2cc(=O)[nH]c(N)n2)CC1. The lowest BCUT2D eigenvalue weighted by atomic mass is 9.82. The van der Waals surface area contributed by atoms with Crippen molar-refractivity contribution in [2.24, 2.45) is 0 Å². The lowest BCUT2D eigenvalue weighted by Gasteiger charge is -2.44. The van der Waals surface area contributed by atoms with Crippen LogP contribution in [0.15, 0.2) is 16.9 Å². The smallest absolute Gasteiger partial charge is 0.261 e. The monoisotopic (exact) mass is 403 g/mol. The molecule has 0 unspecified atom stereocenters. The molecule has 0 radical (unpaired) electrons. The highest BCUT2D eigenvalue weighted by atomic mass is 32.1. The number of H-pyrrole nitrogens is 1. The minimum Gasteiger partial charge on any atom is -0.370 e. The number of hydrogen-bond donors (Lipinski definition) is 3. The molecule has 1 saturated heterocycles. The molecular weight excluding hydrogens is 378 g/mol. The molecule has 2 aromatic rings. The molecular formula is C19H25N5O3S. The number of carbonyl (C=O) groups excluding carboxylic acids is 1. The molecule has 4 N–H and O–H groups in total. The Labute approximate surface area is 167 Å². The number of thiophene rings is 1. The highest BCUT2D eigenvalue weighted by Crippen LogP contribution is 2.45. The first-order chi connectivity index (χ1) is 13.4. The number of amides is 1. The molecule has 9 heteroatoms. The van der Waals surface area contributed by atoms with Gasteiger partial charge in [-0.2, -0.15) is 4.98 Å². The molecule has 0 saturated carbocycles. The van der Waals surface area contributed by atoms with Gasteiger partial charge in [-0.25, -0.2) is 0 Å². The molecule has 1 amide bonds. The van der Waals surface area contributed by atoms with Crippen molar-refractivity contribution >= 4 is 29.0 Å². The molecule has 0 bridgehead atoms. The first kappa shape index (κ1) is 18.9. The van der Waals surface area contributed by atoms with Gasteiger partial charge in [-0.15, -0.1) is 11.3 Å². The molecule has 0 aromatic carbocycles. The molecule has 2 aromatic heterocycles. The first-order valence-electron chi connectivity index (χ1n) is 9.56. The minimum absolute atomic E-state index is 0.0230. The number of aromatic amines is 1. The van der Waals surface area contributed by atoms with Gasteiger partial charge in [0.05, 0.1) is 17.1 Å². The third kappa shape index (κ3) is 3.51. The summed E-state index contributed by atoms with van der Waals surface area (Å²) >= 11 is 1.57. The van der Waals surface area contributed by atoms with Gasteiger partial charge in [0.1, 0.15) is 5.82 Å². The van der Waals surface area contributed by atoms with Gasteiger partial charge in [0.25, 0.3) is 11.5 Å². The molecule has 4 heterocycles. The van der Waals surface area contributed by atoms with E-state index in [1.165, 1.54) is 10.9 Å². The summed E-state index contributed by atoms with van der Waals surface area (Å²) in [7, 11) is 0. The summed E-state index contributed by atoms with van der Waals surface area (Å²) in [6.07, 6.45) is 2.39. The van der Waals surface area contributed by atoms with E-state index in [1.807, 2.05) is 19.9 Å². The van der Waals surface area contributed by atoms with Crippen LogP contribution < -0.4 is 21.5 Å². The Morgan fingerprint density at radius 1 is 1.39 bits per heavy atom. The Morgan fingerprint density at radius 2 is 2.14 bits per heavy atom. The standard InChI is InChI=1S/C19H25N5O3S/c1-11(2)21-17(26)14-9-12-13(28-14)3-8-27-19(12)4-6-24(7-5-19)15-10-16(25)23-18(20)22-15/h9-11H,3-8H2,1-2H3,(H,21,26)(H3,20,22,23,25). The lowest BCUT2D eigenvalue weighted by Crippen LogP contribution is -2.46. The molecule has 2 aliphatic heterocycles. The minimum atomic E-state index is -0.371. The normalized spacial score (nSPS) is 18.3. The van der Waals surface area contributed by atoms with E-state index < -0.39 is 0 Å². The van der Waals surface area contributed by atoms with E-state index in [0.29, 0.717) is 25.5 Å². The molecule has 0 atom stereocenters. The van der Waals surface area contributed by atoms with Crippen LogP contribution in [-0.2, 0) is 16.8 Å². The van der Waals surface area contributed by atoms with Gasteiger partial charge in [0, 0.05) is 36.5 Å². The largest absolute Gasteiger partial charge is 0.370 e. The number of rotatable bonds is 3. The number of nitrogens with one attached hydrogen (secondary N) is 2. The number of anilines is 2. The maximum absolute atomic E-state index is 12.4. The van der Waals surface area contributed by atoms with Crippen molar-refractivity contribution in [2.45, 2.75) is 44.8 Å². The van der Waals surface area contributed by atoms with Crippen LogP contribution in [0.2, 0.25) is 0 Å². The van der Waals surface area contributed by atoms with Gasteiger partial charge in [-0.1, -0.05) is 0 Å². The zero-order valence-corrected chi connectivity index (χ0v) is 16.9. The van der Waals surface area contributed by atoms with Crippen LogP contribution in [-0.4, -0.2) is 41.6 Å². The van der Waals surface area contributed by atoms with Crippen molar-refractivity contribution in [3.05, 3.63) is 37.8 Å². The first-order valence-corrected chi connectivity index (χ1v) is 10.4. The maximum Gasteiger partial charge on any atom is 0.261 e. The highest BCUT2D eigenvalue weighted by Gasteiger charge is 2.42. The number of carbonyl (C=O) groups is 1. The second kappa shape index (κ2) is 7.21. The Hall–Kier alpha value is -2.39. The summed E-state index contributed by atoms with van der Waals surface area (Å²) in [4.78, 5) is 34.9. The second-order valence-corrected chi connectivity index (χ2v) is 8.78. The quantitative estimate of drug-likeness (QED) is 0.718. The van der Waals surface area contributed by atoms with E-state index in [9.17, 15) is 9.59 Å². The predicted octanol–water partition coefficient (Wildman–Crippen LogP) is 1.62. The number of nitrogen functional groups attached to an aromatic ring is 1. The highest BCUT2D eigenvalue weighted by molar-refractivity contribution is 7.14. The van der Waals surface area contributed by atoms with Gasteiger partial charge < -0.3 is 20.7 Å². The fourth-order valence-electron chi connectivity index (χ4n) is 4.00. The number of nitrogens with two attached hydrogens (primary N) is 1. The number of ether oxygens (including phenoxy) is 1. The summed E-state index contributed by atoms with van der Waals surface area (Å²) in [6, 6.07) is 3.59. The van der Waals surface area contributed by atoms with Crippen LogP contribution in [0.25, 0.3) is 0 Å². The Kier molecular flexibility index (Phi) is 4.88. The molecule has 0 aliphatic carbocycles. The van der Waals surface area contributed by atoms with E-state index in [0.717, 1.165) is 29.7 Å². The lowest BCUT2D eigenvalue weighted by molar-refractivity contribution is -0.0757. The maximum atomic E-state index is 12.4. The van der Waals surface area contributed by atoms with Gasteiger partial charge in [-0.05, 0) is 38.3 Å². The Morgan fingerprint density at radius 3 is 2.82 bits per heavy atom. The zero-order chi connectivity index (χ0) is 19.9. The van der Waals surface area contributed by atoms with Crippen molar-refractivity contribution in [3.8, 4) is 0 Å². The van der Waals surface area contributed by atoms with Gasteiger partial charge in [0.2, 0.25) is 5.95 Å². The van der Waals surface area contributed by atoms with E-state index >= 15 is 0 Å². The van der Waals surface area contributed by atoms with Crippen molar-refractivity contribution in [1.29, 1.82) is 0 Å². The zero-order valence-electron chi connectivity index (χ0n) is 16.1. The Balaban J connectivity index is 1.55. The third-order valence-corrected chi connectivity index (χ3v) is 6.49. The molecule has 4 rings (SSSR count). The van der Waals surface area contributed by atoms with E-state index in [-0.39, 0.29) is 29.1 Å². The van der Waals surface area contributed by atoms with Crippen LogP contribution >= 0.6 is 11.3 Å². The van der Waals surface area contributed by atoms with Crippen molar-refractivity contribution in [3.63, 3.8) is 0 Å². The average molecular weight is 404 g/mol. The number of nitrogens with zero attached hydrogens (tertiary/aromatic N) is 2. The van der Waals surface area contributed by atoms with Crippen LogP contribution in [0, 0.1) is 0 Å². The molecule has 1 spiro atoms. The van der Waals surface area contributed by atoms with Crippen molar-refractivity contribution < 1.29 is 9.53 Å². The number of fused-ring (bicyclic) bond motifs is 2. The van der Waals surface area contributed by atoms with Crippen LogP contribution in [0.3, 0.4) is 0 Å². The van der Waals surface area contributed by atoms with Crippen LogP contribution in [0.5, 0.6) is 0 Å². The van der Waals surface area contributed by atoms with Gasteiger partial charge in [-0.3, -0.25) is 14.6 Å². The van der Waals surface area contributed by atoms with Gasteiger partial charge in [0.15, 0.2) is 0 Å². The predicted molar refractivity (Wildman–Crippen MR) is 109 cm³/mol. The number of hydrogen-bond acceptors (Lipinski definition) is 7. The molecule has 8 nitrogen and oxygen atoms in total. The number of aromatic nitrogens is 2. The van der Waals surface area contributed by atoms with E-state index in [1.54, 1.807) is 11.3 Å². The molecule has 150 valence electrons. The van der Waals surface area contributed by atoms with E-state index in [4.69, 9.17) is 10.5 Å². The molecule has 1 fully saturated rings. The molecule has 2 aliphatic rings. The third-order valence-electron chi connectivity index (χ3n) is 5.29. The van der Waals surface area contributed by atoms with Crippen LogP contribution in [0.4, 0.5) is 11.8 Å². The topological polar surface area (TPSA) is 113 Å². The second-order valence-electron chi connectivity index (χ2n) is 7.64.